The zero-order valence-electron chi connectivity index (χ0n) is 17.1. The minimum atomic E-state index is -0.311. The average molecular weight is 409 g/mol. The van der Waals surface area contributed by atoms with Crippen LogP contribution in [0.25, 0.3) is 0 Å². The third-order valence-corrected chi connectivity index (χ3v) is 4.71. The van der Waals surface area contributed by atoms with Crippen LogP contribution in [0.1, 0.15) is 34.5 Å². The molecule has 3 aromatic carbocycles. The van der Waals surface area contributed by atoms with Gasteiger partial charge in [0.25, 0.3) is 5.91 Å². The Kier molecular flexibility index (Phi) is 6.91. The summed E-state index contributed by atoms with van der Waals surface area (Å²) in [5.41, 5.74) is 2.05. The van der Waals surface area contributed by atoms with Crippen LogP contribution in [0.15, 0.2) is 66.7 Å². The highest BCUT2D eigenvalue weighted by atomic mass is 19.1. The first-order valence-electron chi connectivity index (χ1n) is 9.50. The van der Waals surface area contributed by atoms with Gasteiger partial charge in [-0.25, -0.2) is 4.39 Å². The molecule has 3 rings (SSSR count). The minimum Gasteiger partial charge on any atom is -0.497 e. The summed E-state index contributed by atoms with van der Waals surface area (Å²) in [5.74, 6) is 1.51. The zero-order chi connectivity index (χ0) is 21.5. The van der Waals surface area contributed by atoms with E-state index in [0.717, 1.165) is 16.9 Å². The van der Waals surface area contributed by atoms with Gasteiger partial charge in [0.1, 0.15) is 29.7 Å². The molecule has 5 nitrogen and oxygen atoms in total. The maximum atomic E-state index is 13.1. The van der Waals surface area contributed by atoms with E-state index < -0.39 is 0 Å². The zero-order valence-corrected chi connectivity index (χ0v) is 17.1. The Bertz CT molecular complexity index is 987. The molecule has 30 heavy (non-hydrogen) atoms. The molecule has 0 bridgehead atoms. The quantitative estimate of drug-likeness (QED) is 0.574. The van der Waals surface area contributed by atoms with Crippen molar-refractivity contribution in [2.75, 3.05) is 14.2 Å². The summed E-state index contributed by atoms with van der Waals surface area (Å²) >= 11 is 0. The van der Waals surface area contributed by atoms with Crippen LogP contribution in [0.4, 0.5) is 4.39 Å². The van der Waals surface area contributed by atoms with Crippen LogP contribution in [0.5, 0.6) is 17.2 Å². The second kappa shape index (κ2) is 9.78. The van der Waals surface area contributed by atoms with Crippen LogP contribution in [-0.2, 0) is 6.61 Å². The van der Waals surface area contributed by atoms with E-state index in [0.29, 0.717) is 17.1 Å². The maximum Gasteiger partial charge on any atom is 0.251 e. The third-order valence-electron chi connectivity index (χ3n) is 4.71. The van der Waals surface area contributed by atoms with E-state index in [1.54, 1.807) is 44.6 Å². The fourth-order valence-electron chi connectivity index (χ4n) is 2.98. The normalized spacial score (nSPS) is 11.5. The lowest BCUT2D eigenvalue weighted by molar-refractivity contribution is 0.0939. The van der Waals surface area contributed by atoms with Crippen LogP contribution in [0.3, 0.4) is 0 Å². The number of methoxy groups -OCH3 is 2. The van der Waals surface area contributed by atoms with Gasteiger partial charge in [0, 0.05) is 11.1 Å². The summed E-state index contributed by atoms with van der Waals surface area (Å²) in [6.07, 6.45) is 0. The van der Waals surface area contributed by atoms with Crippen LogP contribution >= 0.6 is 0 Å². The Balaban J connectivity index is 1.70. The fourth-order valence-corrected chi connectivity index (χ4v) is 2.98. The number of hydrogen-bond acceptors (Lipinski definition) is 4. The highest BCUT2D eigenvalue weighted by molar-refractivity contribution is 5.94. The molecule has 0 radical (unpaired) electrons. The number of rotatable bonds is 8. The van der Waals surface area contributed by atoms with Crippen LogP contribution in [0, 0.1) is 5.82 Å². The molecule has 1 atom stereocenters. The fraction of sp³-hybridized carbons (Fsp3) is 0.208. The van der Waals surface area contributed by atoms with Gasteiger partial charge in [0.15, 0.2) is 0 Å². The van der Waals surface area contributed by atoms with Crippen molar-refractivity contribution in [2.24, 2.45) is 0 Å². The first kappa shape index (κ1) is 21.2. The molecule has 0 unspecified atom stereocenters. The van der Waals surface area contributed by atoms with Crippen LogP contribution in [0.2, 0.25) is 0 Å². The Morgan fingerprint density at radius 1 is 0.933 bits per heavy atom. The van der Waals surface area contributed by atoms with Crippen LogP contribution in [-0.4, -0.2) is 20.1 Å². The summed E-state index contributed by atoms with van der Waals surface area (Å²) in [6, 6.07) is 18.2. The van der Waals surface area contributed by atoms with E-state index in [4.69, 9.17) is 14.2 Å². The number of amides is 1. The SMILES string of the molecule is COc1ccc(OCc2cc(C(=O)N[C@@H](C)c3ccc(F)cc3)ccc2OC)cc1. The lowest BCUT2D eigenvalue weighted by Crippen LogP contribution is -2.26. The molecular weight excluding hydrogens is 385 g/mol. The van der Waals surface area contributed by atoms with Crippen molar-refractivity contribution >= 4 is 5.91 Å². The van der Waals surface area contributed by atoms with Gasteiger partial charge in [-0.1, -0.05) is 12.1 Å². The molecule has 3 aromatic rings. The second-order valence-electron chi connectivity index (χ2n) is 6.74. The van der Waals surface area contributed by atoms with Gasteiger partial charge in [-0.15, -0.1) is 0 Å². The largest absolute Gasteiger partial charge is 0.497 e. The van der Waals surface area contributed by atoms with Crippen molar-refractivity contribution in [3.8, 4) is 17.2 Å². The Labute approximate surface area is 175 Å². The van der Waals surface area contributed by atoms with E-state index in [-0.39, 0.29) is 24.4 Å². The van der Waals surface area contributed by atoms with Gasteiger partial charge in [0.05, 0.1) is 20.3 Å². The van der Waals surface area contributed by atoms with Crippen LogP contribution < -0.4 is 19.5 Å². The molecule has 156 valence electrons. The maximum absolute atomic E-state index is 13.1. The molecular formula is C24H24FNO4. The minimum absolute atomic E-state index is 0.236. The van der Waals surface area contributed by atoms with Crippen molar-refractivity contribution in [1.82, 2.24) is 5.32 Å². The second-order valence-corrected chi connectivity index (χ2v) is 6.74. The van der Waals surface area contributed by atoms with Gasteiger partial charge in [-0.2, -0.15) is 0 Å². The highest BCUT2D eigenvalue weighted by Gasteiger charge is 2.14. The summed E-state index contributed by atoms with van der Waals surface area (Å²) < 4.78 is 29.5. The number of halogens is 1. The molecule has 0 aromatic heterocycles. The van der Waals surface area contributed by atoms with E-state index in [9.17, 15) is 9.18 Å². The average Bonchev–Trinajstić information content (AvgIpc) is 2.78. The summed E-state index contributed by atoms with van der Waals surface area (Å²) in [7, 11) is 3.18. The number of benzene rings is 3. The topological polar surface area (TPSA) is 56.8 Å². The smallest absolute Gasteiger partial charge is 0.251 e. The number of ether oxygens (including phenoxy) is 3. The predicted octanol–water partition coefficient (Wildman–Crippen LogP) is 4.91. The van der Waals surface area contributed by atoms with E-state index in [1.807, 2.05) is 31.2 Å². The predicted molar refractivity (Wildman–Crippen MR) is 113 cm³/mol. The third kappa shape index (κ3) is 5.29. The van der Waals surface area contributed by atoms with Gasteiger partial charge < -0.3 is 19.5 Å². The van der Waals surface area contributed by atoms with Gasteiger partial charge >= 0.3 is 0 Å². The molecule has 0 spiro atoms. The van der Waals surface area contributed by atoms with Crippen molar-refractivity contribution in [3.63, 3.8) is 0 Å². The number of carbonyl (C=O) groups is 1. The van der Waals surface area contributed by atoms with E-state index in [2.05, 4.69) is 5.32 Å². The first-order valence-corrected chi connectivity index (χ1v) is 9.50. The molecule has 0 saturated heterocycles. The summed E-state index contributed by atoms with van der Waals surface area (Å²) in [4.78, 5) is 12.7. The monoisotopic (exact) mass is 409 g/mol. The molecule has 0 fully saturated rings. The molecule has 0 heterocycles. The molecule has 1 amide bonds. The molecule has 0 saturated carbocycles. The Hall–Kier alpha value is -3.54. The number of hydrogen-bond donors (Lipinski definition) is 1. The van der Waals surface area contributed by atoms with Crippen molar-refractivity contribution in [2.45, 2.75) is 19.6 Å². The van der Waals surface area contributed by atoms with Crippen molar-refractivity contribution < 1.29 is 23.4 Å². The molecule has 0 aliphatic heterocycles. The highest BCUT2D eigenvalue weighted by Crippen LogP contribution is 2.24. The van der Waals surface area contributed by atoms with Crippen molar-refractivity contribution in [3.05, 3.63) is 89.2 Å². The van der Waals surface area contributed by atoms with Gasteiger partial charge in [0.2, 0.25) is 0 Å². The standard InChI is InChI=1S/C24H24FNO4/c1-16(17-4-7-20(25)8-5-17)26-24(27)18-6-13-23(29-3)19(14-18)15-30-22-11-9-21(28-2)10-12-22/h4-14,16H,15H2,1-3H3,(H,26,27)/t16-/m0/s1. The van der Waals surface area contributed by atoms with E-state index in [1.165, 1.54) is 12.1 Å². The lowest BCUT2D eigenvalue weighted by atomic mass is 10.1. The molecule has 1 N–H and O–H groups in total. The first-order chi connectivity index (χ1) is 14.5. The van der Waals surface area contributed by atoms with Gasteiger partial charge in [-0.05, 0) is 67.1 Å². The summed E-state index contributed by atoms with van der Waals surface area (Å²) in [6.45, 7) is 2.09. The Morgan fingerprint density at radius 2 is 1.60 bits per heavy atom. The molecule has 0 aliphatic rings. The lowest BCUT2D eigenvalue weighted by Gasteiger charge is -2.16. The van der Waals surface area contributed by atoms with E-state index >= 15 is 0 Å². The molecule has 6 heteroatoms. The summed E-state index contributed by atoms with van der Waals surface area (Å²) in [5, 5.41) is 2.93. The molecule has 0 aliphatic carbocycles. The van der Waals surface area contributed by atoms with Crippen molar-refractivity contribution in [1.29, 1.82) is 0 Å². The number of carbonyl (C=O) groups excluding carboxylic acids is 1. The van der Waals surface area contributed by atoms with Gasteiger partial charge in [-0.3, -0.25) is 4.79 Å². The number of nitrogens with one attached hydrogen (secondary N) is 1. The Morgan fingerprint density at radius 3 is 2.23 bits per heavy atom.